The van der Waals surface area contributed by atoms with Crippen LogP contribution in [0.15, 0.2) is 0 Å². The van der Waals surface area contributed by atoms with Crippen molar-refractivity contribution in [2.75, 3.05) is 6.54 Å². The first kappa shape index (κ1) is 12.9. The van der Waals surface area contributed by atoms with E-state index in [1.54, 1.807) is 0 Å². The zero-order valence-corrected chi connectivity index (χ0v) is 12.1. The lowest BCUT2D eigenvalue weighted by atomic mass is 9.97. The predicted octanol–water partition coefficient (Wildman–Crippen LogP) is 3.60. The summed E-state index contributed by atoms with van der Waals surface area (Å²) in [6.07, 6.45) is 12.3. The van der Waals surface area contributed by atoms with Crippen molar-refractivity contribution in [2.24, 2.45) is 5.92 Å². The first-order chi connectivity index (χ1) is 8.72. The van der Waals surface area contributed by atoms with Gasteiger partial charge >= 0.3 is 0 Å². The zero-order valence-electron chi connectivity index (χ0n) is 12.1. The Morgan fingerprint density at radius 3 is 2.17 bits per heavy atom. The molecule has 2 saturated heterocycles. The minimum absolute atomic E-state index is 0.399. The molecule has 0 amide bonds. The van der Waals surface area contributed by atoms with E-state index in [1.807, 2.05) is 0 Å². The molecule has 0 aromatic rings. The van der Waals surface area contributed by atoms with E-state index < -0.39 is 0 Å². The van der Waals surface area contributed by atoms with E-state index in [9.17, 15) is 0 Å². The number of hydrogen-bond acceptors (Lipinski definition) is 2. The van der Waals surface area contributed by atoms with Gasteiger partial charge in [-0.1, -0.05) is 12.8 Å². The van der Waals surface area contributed by atoms with Crippen LogP contribution < -0.4 is 0 Å². The number of fused-ring (bicyclic) bond motifs is 2. The normalized spacial score (nSPS) is 37.8. The van der Waals surface area contributed by atoms with Crippen LogP contribution in [0.4, 0.5) is 0 Å². The summed E-state index contributed by atoms with van der Waals surface area (Å²) in [5.41, 5.74) is 0. The second-order valence-corrected chi connectivity index (χ2v) is 7.01. The van der Waals surface area contributed by atoms with Crippen LogP contribution >= 0.6 is 0 Å². The minimum Gasteiger partial charge on any atom is -0.375 e. The van der Waals surface area contributed by atoms with E-state index in [2.05, 4.69) is 18.7 Å². The van der Waals surface area contributed by atoms with Gasteiger partial charge < -0.3 is 4.74 Å². The summed E-state index contributed by atoms with van der Waals surface area (Å²) in [5.74, 6) is 1.01. The van der Waals surface area contributed by atoms with Crippen molar-refractivity contribution in [3.63, 3.8) is 0 Å². The summed E-state index contributed by atoms with van der Waals surface area (Å²) >= 11 is 0. The Hall–Kier alpha value is -0.0800. The van der Waals surface area contributed by atoms with Crippen LogP contribution in [0.25, 0.3) is 0 Å². The van der Waals surface area contributed by atoms with Gasteiger partial charge in [0, 0.05) is 18.6 Å². The van der Waals surface area contributed by atoms with Crippen molar-refractivity contribution in [1.82, 2.24) is 4.90 Å². The number of hydrogen-bond donors (Lipinski definition) is 0. The summed E-state index contributed by atoms with van der Waals surface area (Å²) in [6.45, 7) is 5.74. The molecule has 0 N–H and O–H groups in total. The highest BCUT2D eigenvalue weighted by Crippen LogP contribution is 2.39. The van der Waals surface area contributed by atoms with Crippen molar-refractivity contribution in [3.8, 4) is 0 Å². The van der Waals surface area contributed by atoms with E-state index in [-0.39, 0.29) is 0 Å². The molecule has 2 aliphatic heterocycles. The maximum Gasteiger partial charge on any atom is 0.0608 e. The van der Waals surface area contributed by atoms with Gasteiger partial charge in [0.05, 0.1) is 12.2 Å². The zero-order chi connectivity index (χ0) is 12.5. The third kappa shape index (κ3) is 2.75. The van der Waals surface area contributed by atoms with Crippen LogP contribution in [0.2, 0.25) is 0 Å². The highest BCUT2D eigenvalue weighted by molar-refractivity contribution is 4.96. The second-order valence-electron chi connectivity index (χ2n) is 7.01. The van der Waals surface area contributed by atoms with Gasteiger partial charge in [0.25, 0.3) is 0 Å². The Labute approximate surface area is 112 Å². The van der Waals surface area contributed by atoms with E-state index in [0.29, 0.717) is 12.2 Å². The molecule has 0 radical (unpaired) electrons. The standard InChI is InChI=1S/C16H29NO/c1-12(2)18-16-9-14-7-8-15(10-16)17(14)11-13-5-3-4-6-13/h12-16H,3-11H2,1-2H3/t14-,15+,16?. The molecule has 0 aromatic carbocycles. The average Bonchev–Trinajstić information content (AvgIpc) is 2.88. The van der Waals surface area contributed by atoms with Gasteiger partial charge in [-0.25, -0.2) is 0 Å². The lowest BCUT2D eigenvalue weighted by Crippen LogP contribution is -2.47. The monoisotopic (exact) mass is 251 g/mol. The lowest BCUT2D eigenvalue weighted by molar-refractivity contribution is -0.0504. The van der Waals surface area contributed by atoms with Gasteiger partial charge in [-0.2, -0.15) is 0 Å². The maximum atomic E-state index is 6.06. The molecule has 0 spiro atoms. The first-order valence-electron chi connectivity index (χ1n) is 8.13. The molecule has 104 valence electrons. The van der Waals surface area contributed by atoms with Crippen molar-refractivity contribution in [3.05, 3.63) is 0 Å². The molecular formula is C16H29NO. The van der Waals surface area contributed by atoms with Crippen molar-refractivity contribution in [1.29, 1.82) is 0 Å². The van der Waals surface area contributed by atoms with Crippen LogP contribution in [0.5, 0.6) is 0 Å². The second kappa shape index (κ2) is 5.50. The summed E-state index contributed by atoms with van der Waals surface area (Å²) in [7, 11) is 0. The smallest absolute Gasteiger partial charge is 0.0608 e. The molecule has 3 rings (SSSR count). The quantitative estimate of drug-likeness (QED) is 0.757. The van der Waals surface area contributed by atoms with Crippen molar-refractivity contribution >= 4 is 0 Å². The van der Waals surface area contributed by atoms with Gasteiger partial charge in [0.15, 0.2) is 0 Å². The fourth-order valence-electron chi connectivity index (χ4n) is 4.51. The fourth-order valence-corrected chi connectivity index (χ4v) is 4.51. The predicted molar refractivity (Wildman–Crippen MR) is 74.7 cm³/mol. The summed E-state index contributed by atoms with van der Waals surface area (Å²) < 4.78 is 6.06. The first-order valence-corrected chi connectivity index (χ1v) is 8.13. The fraction of sp³-hybridized carbons (Fsp3) is 1.00. The number of piperidine rings is 1. The molecule has 0 aromatic heterocycles. The maximum absolute atomic E-state index is 6.06. The minimum atomic E-state index is 0.399. The third-order valence-electron chi connectivity index (χ3n) is 5.25. The molecule has 18 heavy (non-hydrogen) atoms. The van der Waals surface area contributed by atoms with Crippen LogP contribution in [0.3, 0.4) is 0 Å². The molecule has 2 heterocycles. The molecule has 1 aliphatic carbocycles. The SMILES string of the molecule is CC(C)OC1C[C@H]2CC[C@@H](C1)N2CC1CCCC1. The van der Waals surface area contributed by atoms with Crippen LogP contribution in [-0.4, -0.2) is 35.7 Å². The third-order valence-corrected chi connectivity index (χ3v) is 5.25. The molecule has 1 saturated carbocycles. The Morgan fingerprint density at radius 1 is 1.00 bits per heavy atom. The van der Waals surface area contributed by atoms with Gasteiger partial charge in [-0.05, 0) is 58.3 Å². The van der Waals surface area contributed by atoms with Crippen LogP contribution in [-0.2, 0) is 4.74 Å². The van der Waals surface area contributed by atoms with Crippen molar-refractivity contribution < 1.29 is 4.74 Å². The lowest BCUT2D eigenvalue weighted by Gasteiger charge is -2.40. The molecule has 2 heteroatoms. The highest BCUT2D eigenvalue weighted by Gasteiger charge is 2.41. The van der Waals surface area contributed by atoms with Crippen LogP contribution in [0.1, 0.15) is 65.2 Å². The van der Waals surface area contributed by atoms with Crippen molar-refractivity contribution in [2.45, 2.75) is 89.5 Å². The van der Waals surface area contributed by atoms with Crippen LogP contribution in [0, 0.1) is 5.92 Å². The summed E-state index contributed by atoms with van der Waals surface area (Å²) in [5, 5.41) is 0. The Balaban J connectivity index is 1.55. The number of nitrogens with zero attached hydrogens (tertiary/aromatic N) is 1. The molecule has 3 atom stereocenters. The molecule has 2 bridgehead atoms. The van der Waals surface area contributed by atoms with E-state index in [1.165, 1.54) is 57.9 Å². The van der Waals surface area contributed by atoms with Gasteiger partial charge in [-0.3, -0.25) is 4.90 Å². The summed E-state index contributed by atoms with van der Waals surface area (Å²) in [6, 6.07) is 1.68. The average molecular weight is 251 g/mol. The Bertz CT molecular complexity index is 258. The summed E-state index contributed by atoms with van der Waals surface area (Å²) in [4.78, 5) is 2.86. The molecular weight excluding hydrogens is 222 g/mol. The topological polar surface area (TPSA) is 12.5 Å². The number of ether oxygens (including phenoxy) is 1. The van der Waals surface area contributed by atoms with E-state index in [4.69, 9.17) is 4.74 Å². The van der Waals surface area contributed by atoms with E-state index in [0.717, 1.165) is 18.0 Å². The molecule has 3 aliphatic rings. The molecule has 3 fully saturated rings. The Morgan fingerprint density at radius 2 is 1.61 bits per heavy atom. The Kier molecular flexibility index (Phi) is 3.95. The highest BCUT2D eigenvalue weighted by atomic mass is 16.5. The van der Waals surface area contributed by atoms with E-state index >= 15 is 0 Å². The van der Waals surface area contributed by atoms with Gasteiger partial charge in [-0.15, -0.1) is 0 Å². The van der Waals surface area contributed by atoms with Gasteiger partial charge in [0.2, 0.25) is 0 Å². The largest absolute Gasteiger partial charge is 0.375 e. The number of rotatable bonds is 4. The molecule has 2 nitrogen and oxygen atoms in total. The van der Waals surface area contributed by atoms with Gasteiger partial charge in [0.1, 0.15) is 0 Å². The molecule has 1 unspecified atom stereocenters.